The van der Waals surface area contributed by atoms with Gasteiger partial charge in [0.1, 0.15) is 0 Å². The third kappa shape index (κ3) is 3.19. The molecular weight excluding hydrogens is 296 g/mol. The third-order valence-electron chi connectivity index (χ3n) is 4.84. The Labute approximate surface area is 135 Å². The van der Waals surface area contributed by atoms with Crippen molar-refractivity contribution >= 4 is 23.2 Å². The highest BCUT2D eigenvalue weighted by Crippen LogP contribution is 2.58. The Bertz CT molecular complexity index is 555. The zero-order chi connectivity index (χ0) is 15.7. The number of hydrogen-bond donors (Lipinski definition) is 1. The molecule has 1 N–H and O–H groups in total. The molecule has 0 aromatic carbocycles. The molecule has 1 aliphatic heterocycles. The summed E-state index contributed by atoms with van der Waals surface area (Å²) in [4.78, 5) is 27.6. The number of nitrogens with one attached hydrogen (secondary N) is 1. The lowest BCUT2D eigenvalue weighted by Crippen LogP contribution is -2.31. The Kier molecular flexibility index (Phi) is 4.26. The van der Waals surface area contributed by atoms with Gasteiger partial charge in [0.15, 0.2) is 0 Å². The summed E-state index contributed by atoms with van der Waals surface area (Å²) in [6.45, 7) is 6.36. The number of rotatable bonds is 5. The number of likely N-dealkylation sites (tertiary alicyclic amines) is 1. The summed E-state index contributed by atoms with van der Waals surface area (Å²) in [6.07, 6.45) is 2.54. The van der Waals surface area contributed by atoms with Gasteiger partial charge in [-0.15, -0.1) is 11.3 Å². The fraction of sp³-hybridized carbons (Fsp3) is 0.647. The molecule has 2 aliphatic rings. The Morgan fingerprint density at radius 2 is 2.32 bits per heavy atom. The van der Waals surface area contributed by atoms with Crippen LogP contribution in [0.15, 0.2) is 17.5 Å². The van der Waals surface area contributed by atoms with Gasteiger partial charge >= 0.3 is 0 Å². The summed E-state index contributed by atoms with van der Waals surface area (Å²) < 4.78 is 0. The Morgan fingerprint density at radius 1 is 1.50 bits per heavy atom. The van der Waals surface area contributed by atoms with Gasteiger partial charge in [0.05, 0.1) is 6.54 Å². The molecule has 1 spiro atoms. The highest BCUT2D eigenvalue weighted by Gasteiger charge is 2.61. The van der Waals surface area contributed by atoms with E-state index in [0.29, 0.717) is 18.9 Å². The van der Waals surface area contributed by atoms with Gasteiger partial charge in [0.2, 0.25) is 11.8 Å². The van der Waals surface area contributed by atoms with Crippen molar-refractivity contribution in [3.05, 3.63) is 22.4 Å². The highest BCUT2D eigenvalue weighted by atomic mass is 32.1. The smallest absolute Gasteiger partial charge is 0.224 e. The zero-order valence-electron chi connectivity index (χ0n) is 13.3. The molecule has 3 rings (SSSR count). The van der Waals surface area contributed by atoms with Crippen LogP contribution in [-0.2, 0) is 16.1 Å². The lowest BCUT2D eigenvalue weighted by molar-refractivity contribution is -0.131. The van der Waals surface area contributed by atoms with E-state index in [2.05, 4.69) is 19.2 Å². The summed E-state index contributed by atoms with van der Waals surface area (Å²) in [7, 11) is 0. The van der Waals surface area contributed by atoms with Crippen LogP contribution in [-0.4, -0.2) is 29.8 Å². The Morgan fingerprint density at radius 3 is 3.00 bits per heavy atom. The first-order chi connectivity index (χ1) is 10.5. The van der Waals surface area contributed by atoms with Gasteiger partial charge < -0.3 is 10.2 Å². The van der Waals surface area contributed by atoms with Crippen LogP contribution in [0.3, 0.4) is 0 Å². The molecule has 2 amide bonds. The topological polar surface area (TPSA) is 49.4 Å². The van der Waals surface area contributed by atoms with Crippen LogP contribution in [0.1, 0.15) is 38.0 Å². The molecule has 5 heteroatoms. The van der Waals surface area contributed by atoms with Crippen molar-refractivity contribution in [1.29, 1.82) is 0 Å². The summed E-state index contributed by atoms with van der Waals surface area (Å²) in [5.41, 5.74) is 0.0756. The number of nitrogens with zero attached hydrogens (tertiary/aromatic N) is 1. The summed E-state index contributed by atoms with van der Waals surface area (Å²) in [5.74, 6) is 0.903. The maximum atomic E-state index is 12.3. The van der Waals surface area contributed by atoms with Gasteiger partial charge in [0.25, 0.3) is 0 Å². The number of amides is 2. The van der Waals surface area contributed by atoms with Crippen LogP contribution >= 0.6 is 11.3 Å². The molecule has 1 aromatic heterocycles. The summed E-state index contributed by atoms with van der Waals surface area (Å²) in [5, 5.41) is 5.07. The van der Waals surface area contributed by atoms with Gasteiger partial charge in [-0.1, -0.05) is 19.9 Å². The molecule has 1 saturated carbocycles. The van der Waals surface area contributed by atoms with Crippen molar-refractivity contribution in [1.82, 2.24) is 10.2 Å². The van der Waals surface area contributed by atoms with Crippen LogP contribution in [0.5, 0.6) is 0 Å². The molecule has 22 heavy (non-hydrogen) atoms. The minimum absolute atomic E-state index is 0.0756. The van der Waals surface area contributed by atoms with Crippen LogP contribution in [0, 0.1) is 17.3 Å². The molecule has 2 atom stereocenters. The molecule has 0 unspecified atom stereocenters. The van der Waals surface area contributed by atoms with Crippen molar-refractivity contribution in [2.75, 3.05) is 13.1 Å². The monoisotopic (exact) mass is 320 g/mol. The molecule has 2 fully saturated rings. The van der Waals surface area contributed by atoms with E-state index in [9.17, 15) is 9.59 Å². The fourth-order valence-electron chi connectivity index (χ4n) is 3.47. The first kappa shape index (κ1) is 15.5. The number of carbonyl (C=O) groups is 2. The molecule has 0 bridgehead atoms. The second-order valence-corrected chi connectivity index (χ2v) is 8.11. The Hall–Kier alpha value is -1.36. The second kappa shape index (κ2) is 6.03. The van der Waals surface area contributed by atoms with E-state index < -0.39 is 0 Å². The summed E-state index contributed by atoms with van der Waals surface area (Å²) >= 11 is 1.66. The molecule has 2 heterocycles. The van der Waals surface area contributed by atoms with Gasteiger partial charge in [0, 0.05) is 35.7 Å². The SMILES string of the molecule is CC(C)CC(=O)N1CC[C@]2(C[C@H]2C(=O)NCc2cccs2)C1. The van der Waals surface area contributed by atoms with E-state index in [1.54, 1.807) is 11.3 Å². The van der Waals surface area contributed by atoms with E-state index in [4.69, 9.17) is 0 Å². The predicted octanol–water partition coefficient (Wildman–Crippen LogP) is 2.65. The number of hydrogen-bond acceptors (Lipinski definition) is 3. The van der Waals surface area contributed by atoms with Gasteiger partial charge in [-0.2, -0.15) is 0 Å². The molecule has 1 saturated heterocycles. The highest BCUT2D eigenvalue weighted by molar-refractivity contribution is 7.09. The van der Waals surface area contributed by atoms with Gasteiger partial charge in [-0.05, 0) is 30.2 Å². The van der Waals surface area contributed by atoms with Crippen LogP contribution in [0.4, 0.5) is 0 Å². The van der Waals surface area contributed by atoms with Crippen molar-refractivity contribution in [2.45, 2.75) is 39.7 Å². The van der Waals surface area contributed by atoms with Crippen molar-refractivity contribution < 1.29 is 9.59 Å². The Balaban J connectivity index is 1.49. The van der Waals surface area contributed by atoms with E-state index in [1.165, 1.54) is 4.88 Å². The first-order valence-corrected chi connectivity index (χ1v) is 8.96. The maximum Gasteiger partial charge on any atom is 0.224 e. The lowest BCUT2D eigenvalue weighted by Gasteiger charge is -2.18. The second-order valence-electron chi connectivity index (χ2n) is 7.08. The fourth-order valence-corrected chi connectivity index (χ4v) is 4.11. The third-order valence-corrected chi connectivity index (χ3v) is 5.72. The minimum Gasteiger partial charge on any atom is -0.351 e. The van der Waals surface area contributed by atoms with E-state index >= 15 is 0 Å². The number of carbonyl (C=O) groups excluding carboxylic acids is 2. The van der Waals surface area contributed by atoms with Crippen molar-refractivity contribution in [2.24, 2.45) is 17.3 Å². The lowest BCUT2D eigenvalue weighted by atomic mass is 10.0. The molecule has 120 valence electrons. The van der Waals surface area contributed by atoms with Crippen LogP contribution < -0.4 is 5.32 Å². The van der Waals surface area contributed by atoms with E-state index in [0.717, 1.165) is 25.9 Å². The van der Waals surface area contributed by atoms with Crippen molar-refractivity contribution in [3.8, 4) is 0 Å². The average molecular weight is 320 g/mol. The first-order valence-electron chi connectivity index (χ1n) is 8.08. The maximum absolute atomic E-state index is 12.3. The van der Waals surface area contributed by atoms with E-state index in [1.807, 2.05) is 22.4 Å². The molecular formula is C17H24N2O2S. The predicted molar refractivity (Wildman–Crippen MR) is 87.4 cm³/mol. The van der Waals surface area contributed by atoms with Crippen molar-refractivity contribution in [3.63, 3.8) is 0 Å². The zero-order valence-corrected chi connectivity index (χ0v) is 14.1. The standard InChI is InChI=1S/C17H24N2O2S/c1-12(2)8-15(20)19-6-5-17(11-19)9-14(17)16(21)18-10-13-4-3-7-22-13/h3-4,7,12,14H,5-6,8-11H2,1-2H3,(H,18,21)/t14-,17-/m0/s1. The molecule has 4 nitrogen and oxygen atoms in total. The molecule has 1 aromatic rings. The number of thiophene rings is 1. The van der Waals surface area contributed by atoms with Crippen LogP contribution in [0.25, 0.3) is 0 Å². The average Bonchev–Trinajstić information content (AvgIpc) is 2.81. The van der Waals surface area contributed by atoms with Gasteiger partial charge in [-0.25, -0.2) is 0 Å². The van der Waals surface area contributed by atoms with Crippen LogP contribution in [0.2, 0.25) is 0 Å². The normalized spacial score (nSPS) is 26.7. The largest absolute Gasteiger partial charge is 0.351 e. The molecule has 0 radical (unpaired) electrons. The molecule has 1 aliphatic carbocycles. The minimum atomic E-state index is 0.0756. The van der Waals surface area contributed by atoms with E-state index in [-0.39, 0.29) is 23.1 Å². The summed E-state index contributed by atoms with van der Waals surface area (Å²) in [6, 6.07) is 4.04. The van der Waals surface area contributed by atoms with Gasteiger partial charge in [-0.3, -0.25) is 9.59 Å². The quantitative estimate of drug-likeness (QED) is 0.907.